The topological polar surface area (TPSA) is 26.0 Å². The predicted molar refractivity (Wildman–Crippen MR) is 49.6 cm³/mol. The van der Waals surface area contributed by atoms with Crippen molar-refractivity contribution in [1.82, 2.24) is 5.16 Å². The molecule has 14 heavy (non-hydrogen) atoms. The fourth-order valence-electron chi connectivity index (χ4n) is 1.11. The molecule has 0 bridgehead atoms. The van der Waals surface area contributed by atoms with Gasteiger partial charge in [0.2, 0.25) is 0 Å². The molecule has 0 saturated carbocycles. The van der Waals surface area contributed by atoms with E-state index in [2.05, 4.69) is 21.1 Å². The molecule has 1 heterocycles. The molecule has 1 aromatic heterocycles. The fourth-order valence-corrected chi connectivity index (χ4v) is 1.46. The lowest BCUT2D eigenvalue weighted by atomic mass is 10.1. The Labute approximate surface area is 86.7 Å². The van der Waals surface area contributed by atoms with Gasteiger partial charge in [0.05, 0.1) is 16.2 Å². The van der Waals surface area contributed by atoms with Crippen LogP contribution in [0.1, 0.15) is 0 Å². The lowest BCUT2D eigenvalue weighted by Gasteiger charge is -2.00. The molecule has 72 valence electrons. The smallest absolute Gasteiger partial charge is 0.186 e. The second kappa shape index (κ2) is 3.49. The molecule has 0 aliphatic heterocycles. The molecule has 0 amide bonds. The standard InChI is InChI=1S/C9H4BrF2NO/c10-5-4-13-14-9(5)8-6(11)2-1-3-7(8)12/h1-4H. The zero-order chi connectivity index (χ0) is 10.1. The van der Waals surface area contributed by atoms with Crippen molar-refractivity contribution in [3.8, 4) is 11.3 Å². The van der Waals surface area contributed by atoms with Crippen LogP contribution in [0.4, 0.5) is 8.78 Å². The Morgan fingerprint density at radius 1 is 1.21 bits per heavy atom. The summed E-state index contributed by atoms with van der Waals surface area (Å²) in [6.07, 6.45) is 1.33. The lowest BCUT2D eigenvalue weighted by Crippen LogP contribution is -1.88. The van der Waals surface area contributed by atoms with Crippen molar-refractivity contribution in [1.29, 1.82) is 0 Å². The number of hydrogen-bond acceptors (Lipinski definition) is 2. The molecule has 0 unspecified atom stereocenters. The number of halogens is 3. The maximum atomic E-state index is 13.2. The highest BCUT2D eigenvalue weighted by molar-refractivity contribution is 9.10. The minimum Gasteiger partial charge on any atom is -0.355 e. The summed E-state index contributed by atoms with van der Waals surface area (Å²) in [6, 6.07) is 3.61. The number of rotatable bonds is 1. The van der Waals surface area contributed by atoms with E-state index < -0.39 is 11.6 Å². The Bertz CT molecular complexity index is 449. The zero-order valence-electron chi connectivity index (χ0n) is 6.80. The average molecular weight is 260 g/mol. The summed E-state index contributed by atoms with van der Waals surface area (Å²) < 4.78 is 31.6. The van der Waals surface area contributed by atoms with E-state index in [1.165, 1.54) is 12.3 Å². The highest BCUT2D eigenvalue weighted by Gasteiger charge is 2.17. The van der Waals surface area contributed by atoms with Crippen LogP contribution < -0.4 is 0 Å². The minimum absolute atomic E-state index is 0.0561. The molecule has 0 spiro atoms. The summed E-state index contributed by atoms with van der Waals surface area (Å²) in [5.41, 5.74) is -0.211. The highest BCUT2D eigenvalue weighted by atomic mass is 79.9. The third-order valence-corrected chi connectivity index (χ3v) is 2.28. The van der Waals surface area contributed by atoms with Gasteiger partial charge in [-0.25, -0.2) is 8.78 Å². The quantitative estimate of drug-likeness (QED) is 0.785. The van der Waals surface area contributed by atoms with Gasteiger partial charge in [-0.2, -0.15) is 0 Å². The Kier molecular flexibility index (Phi) is 2.33. The van der Waals surface area contributed by atoms with E-state index in [-0.39, 0.29) is 11.3 Å². The molecular formula is C9H4BrF2NO. The van der Waals surface area contributed by atoms with Crippen LogP contribution in [-0.2, 0) is 0 Å². The third kappa shape index (κ3) is 1.43. The summed E-state index contributed by atoms with van der Waals surface area (Å²) in [5.74, 6) is -1.30. The van der Waals surface area contributed by atoms with Crippen LogP contribution in [0, 0.1) is 11.6 Å². The first-order valence-electron chi connectivity index (χ1n) is 3.74. The Hall–Kier alpha value is -1.23. The summed E-state index contributed by atoms with van der Waals surface area (Å²) in [5, 5.41) is 3.43. The largest absolute Gasteiger partial charge is 0.355 e. The lowest BCUT2D eigenvalue weighted by molar-refractivity contribution is 0.426. The summed E-state index contributed by atoms with van der Waals surface area (Å²) >= 11 is 3.08. The van der Waals surface area contributed by atoms with Crippen LogP contribution in [0.2, 0.25) is 0 Å². The summed E-state index contributed by atoms with van der Waals surface area (Å²) in [6.45, 7) is 0. The summed E-state index contributed by atoms with van der Waals surface area (Å²) in [4.78, 5) is 0. The van der Waals surface area contributed by atoms with Crippen molar-refractivity contribution >= 4 is 15.9 Å². The Morgan fingerprint density at radius 2 is 1.86 bits per heavy atom. The molecular weight excluding hydrogens is 256 g/mol. The molecule has 1 aromatic carbocycles. The second-order valence-electron chi connectivity index (χ2n) is 2.60. The molecule has 2 aromatic rings. The first-order valence-corrected chi connectivity index (χ1v) is 4.54. The molecule has 0 N–H and O–H groups in total. The van der Waals surface area contributed by atoms with Gasteiger partial charge in [0.15, 0.2) is 5.76 Å². The van der Waals surface area contributed by atoms with Crippen molar-refractivity contribution in [3.05, 3.63) is 40.5 Å². The van der Waals surface area contributed by atoms with Crippen molar-refractivity contribution in [2.75, 3.05) is 0 Å². The van der Waals surface area contributed by atoms with Crippen molar-refractivity contribution in [3.63, 3.8) is 0 Å². The number of hydrogen-bond donors (Lipinski definition) is 0. The maximum absolute atomic E-state index is 13.2. The van der Waals surface area contributed by atoms with E-state index >= 15 is 0 Å². The van der Waals surface area contributed by atoms with Gasteiger partial charge in [-0.1, -0.05) is 11.2 Å². The molecule has 0 radical (unpaired) electrons. The number of nitrogens with zero attached hydrogens (tertiary/aromatic N) is 1. The van der Waals surface area contributed by atoms with Gasteiger partial charge in [0, 0.05) is 0 Å². The molecule has 0 fully saturated rings. The molecule has 0 aliphatic rings. The number of aromatic nitrogens is 1. The Balaban J connectivity index is 2.68. The molecule has 5 heteroatoms. The van der Waals surface area contributed by atoms with Crippen LogP contribution >= 0.6 is 15.9 Å². The second-order valence-corrected chi connectivity index (χ2v) is 3.45. The van der Waals surface area contributed by atoms with Crippen molar-refractivity contribution < 1.29 is 13.3 Å². The van der Waals surface area contributed by atoms with E-state index in [4.69, 9.17) is 4.52 Å². The van der Waals surface area contributed by atoms with Crippen LogP contribution in [0.3, 0.4) is 0 Å². The van der Waals surface area contributed by atoms with Gasteiger partial charge < -0.3 is 4.52 Å². The van der Waals surface area contributed by atoms with E-state index in [0.29, 0.717) is 4.47 Å². The van der Waals surface area contributed by atoms with Gasteiger partial charge in [0.25, 0.3) is 0 Å². The maximum Gasteiger partial charge on any atom is 0.186 e. The number of benzene rings is 1. The SMILES string of the molecule is Fc1cccc(F)c1-c1oncc1Br. The zero-order valence-corrected chi connectivity index (χ0v) is 8.38. The van der Waals surface area contributed by atoms with Gasteiger partial charge >= 0.3 is 0 Å². The monoisotopic (exact) mass is 259 g/mol. The molecule has 0 saturated heterocycles. The molecule has 0 atom stereocenters. The van der Waals surface area contributed by atoms with E-state index in [1.807, 2.05) is 0 Å². The molecule has 2 rings (SSSR count). The van der Waals surface area contributed by atoms with Crippen molar-refractivity contribution in [2.45, 2.75) is 0 Å². The van der Waals surface area contributed by atoms with Gasteiger partial charge in [-0.15, -0.1) is 0 Å². The van der Waals surface area contributed by atoms with Crippen LogP contribution in [0.5, 0.6) is 0 Å². The van der Waals surface area contributed by atoms with Crippen molar-refractivity contribution in [2.24, 2.45) is 0 Å². The summed E-state index contributed by atoms with van der Waals surface area (Å²) in [7, 11) is 0. The molecule has 0 aliphatic carbocycles. The predicted octanol–water partition coefficient (Wildman–Crippen LogP) is 3.38. The highest BCUT2D eigenvalue weighted by Crippen LogP contribution is 2.31. The van der Waals surface area contributed by atoms with Crippen LogP contribution in [0.15, 0.2) is 33.4 Å². The minimum atomic E-state index is -0.678. The normalized spacial score (nSPS) is 10.5. The van der Waals surface area contributed by atoms with E-state index in [9.17, 15) is 8.78 Å². The molecule has 2 nitrogen and oxygen atoms in total. The van der Waals surface area contributed by atoms with E-state index in [0.717, 1.165) is 12.1 Å². The van der Waals surface area contributed by atoms with Crippen LogP contribution in [0.25, 0.3) is 11.3 Å². The first-order chi connectivity index (χ1) is 6.70. The van der Waals surface area contributed by atoms with Gasteiger partial charge in [-0.3, -0.25) is 0 Å². The first kappa shape index (κ1) is 9.33. The van der Waals surface area contributed by atoms with Gasteiger partial charge in [0.1, 0.15) is 11.6 Å². The van der Waals surface area contributed by atoms with E-state index in [1.54, 1.807) is 0 Å². The van der Waals surface area contributed by atoms with Crippen LogP contribution in [-0.4, -0.2) is 5.16 Å². The Morgan fingerprint density at radius 3 is 2.36 bits per heavy atom. The fraction of sp³-hybridized carbons (Fsp3) is 0. The van der Waals surface area contributed by atoms with Gasteiger partial charge in [-0.05, 0) is 28.1 Å². The average Bonchev–Trinajstić information content (AvgIpc) is 2.52. The third-order valence-electron chi connectivity index (χ3n) is 1.72.